The first-order valence-electron chi connectivity index (χ1n) is 4.83. The van der Waals surface area contributed by atoms with E-state index in [1.165, 1.54) is 11.1 Å². The molecule has 2 rings (SSSR count). The van der Waals surface area contributed by atoms with Crippen molar-refractivity contribution >= 4 is 0 Å². The van der Waals surface area contributed by atoms with Gasteiger partial charge in [-0.3, -0.25) is 0 Å². The van der Waals surface area contributed by atoms with E-state index in [1.54, 1.807) is 7.11 Å². The summed E-state index contributed by atoms with van der Waals surface area (Å²) in [6, 6.07) is 1.90. The van der Waals surface area contributed by atoms with Crippen LogP contribution >= 0.6 is 0 Å². The molecule has 0 saturated heterocycles. The van der Waals surface area contributed by atoms with E-state index in [0.717, 1.165) is 25.1 Å². The third-order valence-corrected chi connectivity index (χ3v) is 2.78. The summed E-state index contributed by atoms with van der Waals surface area (Å²) in [6.45, 7) is 3.78. The third-order valence-electron chi connectivity index (χ3n) is 2.78. The lowest BCUT2D eigenvalue weighted by atomic mass is 9.95. The van der Waals surface area contributed by atoms with E-state index in [0.29, 0.717) is 11.5 Å². The molecule has 0 unspecified atom stereocenters. The molecule has 0 saturated carbocycles. The van der Waals surface area contributed by atoms with Crippen LogP contribution in [0.5, 0.6) is 11.5 Å². The number of hydrogen-bond donors (Lipinski definition) is 2. The fourth-order valence-corrected chi connectivity index (χ4v) is 2.00. The van der Waals surface area contributed by atoms with Crippen LogP contribution in [0.4, 0.5) is 0 Å². The van der Waals surface area contributed by atoms with Crippen LogP contribution in [0.15, 0.2) is 6.07 Å². The molecule has 1 aliphatic heterocycles. The number of aromatic hydroxyl groups is 1. The number of methoxy groups -OCH3 is 1. The zero-order valence-corrected chi connectivity index (χ0v) is 8.55. The summed E-state index contributed by atoms with van der Waals surface area (Å²) in [4.78, 5) is 0. The number of aryl methyl sites for hydroxylation is 1. The van der Waals surface area contributed by atoms with Gasteiger partial charge in [0.05, 0.1) is 7.11 Å². The molecule has 0 radical (unpaired) electrons. The van der Waals surface area contributed by atoms with Crippen molar-refractivity contribution in [3.63, 3.8) is 0 Å². The van der Waals surface area contributed by atoms with Gasteiger partial charge in [0.25, 0.3) is 0 Å². The van der Waals surface area contributed by atoms with E-state index in [2.05, 4.69) is 12.2 Å². The SMILES string of the molecule is COc1cc(C)c2c(c1O)CNCC2. The van der Waals surface area contributed by atoms with E-state index in [-0.39, 0.29) is 0 Å². The number of fused-ring (bicyclic) bond motifs is 1. The third kappa shape index (κ3) is 1.34. The maximum atomic E-state index is 9.89. The molecule has 0 aromatic heterocycles. The molecule has 0 fully saturated rings. The van der Waals surface area contributed by atoms with Gasteiger partial charge in [-0.05, 0) is 37.1 Å². The van der Waals surface area contributed by atoms with E-state index in [9.17, 15) is 5.11 Å². The zero-order valence-electron chi connectivity index (χ0n) is 8.55. The Morgan fingerprint density at radius 1 is 1.43 bits per heavy atom. The summed E-state index contributed by atoms with van der Waals surface area (Å²) in [7, 11) is 1.58. The highest BCUT2D eigenvalue weighted by atomic mass is 16.5. The van der Waals surface area contributed by atoms with Crippen molar-refractivity contribution in [2.24, 2.45) is 0 Å². The molecule has 0 bridgehead atoms. The van der Waals surface area contributed by atoms with Crippen molar-refractivity contribution < 1.29 is 9.84 Å². The smallest absolute Gasteiger partial charge is 0.162 e. The lowest BCUT2D eigenvalue weighted by Gasteiger charge is -2.21. The molecule has 2 N–H and O–H groups in total. The Balaban J connectivity index is 2.58. The zero-order chi connectivity index (χ0) is 10.1. The Kier molecular flexibility index (Phi) is 2.33. The predicted octanol–water partition coefficient (Wildman–Crippen LogP) is 1.35. The van der Waals surface area contributed by atoms with Crippen LogP contribution in [0.25, 0.3) is 0 Å². The van der Waals surface area contributed by atoms with Crippen molar-refractivity contribution in [3.05, 3.63) is 22.8 Å². The Bertz CT molecular complexity index is 361. The van der Waals surface area contributed by atoms with Crippen molar-refractivity contribution in [2.45, 2.75) is 19.9 Å². The standard InChI is InChI=1S/C11H15NO2/c1-7-5-10(14-2)11(13)9-6-12-4-3-8(7)9/h5,12-13H,3-4,6H2,1-2H3. The quantitative estimate of drug-likeness (QED) is 0.707. The molecular formula is C11H15NO2. The second-order valence-electron chi connectivity index (χ2n) is 3.63. The van der Waals surface area contributed by atoms with Gasteiger partial charge >= 0.3 is 0 Å². The lowest BCUT2D eigenvalue weighted by molar-refractivity contribution is 0.367. The van der Waals surface area contributed by atoms with Crippen molar-refractivity contribution in [1.82, 2.24) is 5.32 Å². The highest BCUT2D eigenvalue weighted by Crippen LogP contribution is 2.35. The van der Waals surface area contributed by atoms with Gasteiger partial charge in [-0.1, -0.05) is 0 Å². The summed E-state index contributed by atoms with van der Waals surface area (Å²) in [5.74, 6) is 0.866. The van der Waals surface area contributed by atoms with Gasteiger partial charge in [0.1, 0.15) is 0 Å². The fourth-order valence-electron chi connectivity index (χ4n) is 2.00. The van der Waals surface area contributed by atoms with E-state index in [1.807, 2.05) is 6.07 Å². The molecule has 76 valence electrons. The van der Waals surface area contributed by atoms with Crippen LogP contribution in [0.3, 0.4) is 0 Å². The molecule has 0 amide bonds. The monoisotopic (exact) mass is 193 g/mol. The van der Waals surface area contributed by atoms with Crippen LogP contribution in [-0.4, -0.2) is 18.8 Å². The minimum atomic E-state index is 0.292. The minimum Gasteiger partial charge on any atom is -0.504 e. The first-order valence-corrected chi connectivity index (χ1v) is 4.83. The van der Waals surface area contributed by atoms with Crippen molar-refractivity contribution in [2.75, 3.05) is 13.7 Å². The first-order chi connectivity index (χ1) is 6.74. The number of hydrogen-bond acceptors (Lipinski definition) is 3. The van der Waals surface area contributed by atoms with Crippen LogP contribution < -0.4 is 10.1 Å². The largest absolute Gasteiger partial charge is 0.504 e. The van der Waals surface area contributed by atoms with E-state index in [4.69, 9.17) is 4.74 Å². The molecule has 1 aliphatic rings. The summed E-state index contributed by atoms with van der Waals surface area (Å²) in [5, 5.41) is 13.1. The summed E-state index contributed by atoms with van der Waals surface area (Å²) >= 11 is 0. The second-order valence-corrected chi connectivity index (χ2v) is 3.63. The van der Waals surface area contributed by atoms with Crippen LogP contribution in [0, 0.1) is 6.92 Å². The van der Waals surface area contributed by atoms with Crippen molar-refractivity contribution in [1.29, 1.82) is 0 Å². The Labute approximate surface area is 83.7 Å². The number of benzene rings is 1. The summed E-state index contributed by atoms with van der Waals surface area (Å²) in [6.07, 6.45) is 0.985. The van der Waals surface area contributed by atoms with Gasteiger partial charge in [0.2, 0.25) is 0 Å². The number of phenols is 1. The van der Waals surface area contributed by atoms with Gasteiger partial charge in [0.15, 0.2) is 11.5 Å². The van der Waals surface area contributed by atoms with Gasteiger partial charge < -0.3 is 15.2 Å². The number of ether oxygens (including phenoxy) is 1. The topological polar surface area (TPSA) is 41.5 Å². The molecule has 1 heterocycles. The van der Waals surface area contributed by atoms with Gasteiger partial charge in [-0.25, -0.2) is 0 Å². The molecule has 3 nitrogen and oxygen atoms in total. The number of phenolic OH excluding ortho intramolecular Hbond substituents is 1. The molecule has 0 atom stereocenters. The highest BCUT2D eigenvalue weighted by molar-refractivity contribution is 5.54. The summed E-state index contributed by atoms with van der Waals surface area (Å²) in [5.41, 5.74) is 3.46. The normalized spacial score (nSPS) is 15.0. The highest BCUT2D eigenvalue weighted by Gasteiger charge is 2.18. The molecule has 1 aromatic carbocycles. The van der Waals surface area contributed by atoms with Crippen LogP contribution in [-0.2, 0) is 13.0 Å². The molecule has 3 heteroatoms. The Morgan fingerprint density at radius 3 is 2.93 bits per heavy atom. The average Bonchev–Trinajstić information content (AvgIpc) is 2.23. The molecular weight excluding hydrogens is 178 g/mol. The van der Waals surface area contributed by atoms with Crippen molar-refractivity contribution in [3.8, 4) is 11.5 Å². The van der Waals surface area contributed by atoms with Gasteiger partial charge in [-0.2, -0.15) is 0 Å². The predicted molar refractivity (Wildman–Crippen MR) is 54.8 cm³/mol. The minimum absolute atomic E-state index is 0.292. The van der Waals surface area contributed by atoms with Gasteiger partial charge in [0, 0.05) is 12.1 Å². The van der Waals surface area contributed by atoms with E-state index >= 15 is 0 Å². The van der Waals surface area contributed by atoms with Crippen LogP contribution in [0.2, 0.25) is 0 Å². The van der Waals surface area contributed by atoms with Crippen LogP contribution in [0.1, 0.15) is 16.7 Å². The Hall–Kier alpha value is -1.22. The molecule has 0 spiro atoms. The maximum Gasteiger partial charge on any atom is 0.162 e. The number of nitrogens with one attached hydrogen (secondary N) is 1. The fraction of sp³-hybridized carbons (Fsp3) is 0.455. The number of rotatable bonds is 1. The Morgan fingerprint density at radius 2 is 2.21 bits per heavy atom. The van der Waals surface area contributed by atoms with Gasteiger partial charge in [-0.15, -0.1) is 0 Å². The first kappa shape index (κ1) is 9.34. The second kappa shape index (κ2) is 3.50. The van der Waals surface area contributed by atoms with E-state index < -0.39 is 0 Å². The maximum absolute atomic E-state index is 9.89. The molecule has 0 aliphatic carbocycles. The lowest BCUT2D eigenvalue weighted by Crippen LogP contribution is -2.24. The summed E-state index contributed by atoms with van der Waals surface area (Å²) < 4.78 is 5.11. The average molecular weight is 193 g/mol. The molecule has 1 aromatic rings. The molecule has 14 heavy (non-hydrogen) atoms.